The monoisotopic (exact) mass is 271 g/mol. The summed E-state index contributed by atoms with van der Waals surface area (Å²) in [6.07, 6.45) is 0. The number of nitrogens with zero attached hydrogens (tertiary/aromatic N) is 1. The minimum Gasteiger partial charge on any atom is -0.478 e. The number of alkyl halides is 1. The average Bonchev–Trinajstić information content (AvgIpc) is 2.16. The quantitative estimate of drug-likeness (QED) is 0.642. The summed E-state index contributed by atoms with van der Waals surface area (Å²) in [5, 5.41) is 18.0. The van der Waals surface area contributed by atoms with E-state index >= 15 is 0 Å². The predicted molar refractivity (Wildman–Crippen MR) is 58.0 cm³/mol. The van der Waals surface area contributed by atoms with Crippen molar-refractivity contribution in [3.8, 4) is 6.07 Å². The smallest absolute Gasteiger partial charge is 0.335 e. The van der Waals surface area contributed by atoms with Crippen molar-refractivity contribution >= 4 is 34.5 Å². The molecule has 0 aliphatic carbocycles. The number of hydrogen-bond acceptors (Lipinski definition) is 3. The molecule has 0 atom stereocenters. The zero-order valence-corrected chi connectivity index (χ0v) is 9.47. The minimum atomic E-state index is -1.06. The fraction of sp³-hybridized carbons (Fsp3) is 0.111. The minimum absolute atomic E-state index is 0.0799. The fourth-order valence-corrected chi connectivity index (χ4v) is 2.18. The molecule has 3 nitrogen and oxygen atoms in total. The maximum atomic E-state index is 10.7. The van der Waals surface area contributed by atoms with Gasteiger partial charge in [-0.15, -0.1) is 12.6 Å². The van der Waals surface area contributed by atoms with Gasteiger partial charge in [0.25, 0.3) is 0 Å². The Bertz CT molecular complexity index is 426. The first kappa shape index (κ1) is 11.1. The molecule has 0 spiro atoms. The molecular formula is C9H6BrNO2S. The number of benzene rings is 1. The lowest BCUT2D eigenvalue weighted by atomic mass is 10.1. The summed E-state index contributed by atoms with van der Waals surface area (Å²) in [7, 11) is 0. The third-order valence-corrected chi connectivity index (χ3v) is 2.69. The fourth-order valence-electron chi connectivity index (χ4n) is 1.02. The lowest BCUT2D eigenvalue weighted by Gasteiger charge is -2.05. The highest BCUT2D eigenvalue weighted by Crippen LogP contribution is 2.23. The van der Waals surface area contributed by atoms with E-state index in [-0.39, 0.29) is 5.56 Å². The van der Waals surface area contributed by atoms with Crippen LogP contribution in [0.3, 0.4) is 0 Å². The van der Waals surface area contributed by atoms with Gasteiger partial charge >= 0.3 is 5.97 Å². The number of halogens is 1. The van der Waals surface area contributed by atoms with Crippen molar-refractivity contribution in [2.45, 2.75) is 10.2 Å². The van der Waals surface area contributed by atoms with Crippen molar-refractivity contribution in [3.05, 3.63) is 28.8 Å². The third-order valence-electron chi connectivity index (χ3n) is 1.73. The highest BCUT2D eigenvalue weighted by molar-refractivity contribution is 9.08. The Kier molecular flexibility index (Phi) is 3.55. The SMILES string of the molecule is N#Cc1cc(C(=O)O)cc(S)c1CBr. The number of carbonyl (C=O) groups is 1. The molecule has 0 aliphatic rings. The molecule has 0 amide bonds. The molecule has 0 bridgehead atoms. The van der Waals surface area contributed by atoms with E-state index in [0.717, 1.165) is 0 Å². The molecule has 5 heteroatoms. The number of rotatable bonds is 2. The predicted octanol–water partition coefficient (Wildman–Crippen LogP) is 2.44. The molecule has 0 radical (unpaired) electrons. The van der Waals surface area contributed by atoms with Crippen LogP contribution in [0, 0.1) is 11.3 Å². The van der Waals surface area contributed by atoms with Crippen molar-refractivity contribution in [1.82, 2.24) is 0 Å². The molecule has 1 aromatic rings. The van der Waals surface area contributed by atoms with Crippen molar-refractivity contribution < 1.29 is 9.90 Å². The van der Waals surface area contributed by atoms with E-state index in [1.165, 1.54) is 12.1 Å². The zero-order valence-electron chi connectivity index (χ0n) is 6.99. The molecule has 1 N–H and O–H groups in total. The number of hydrogen-bond donors (Lipinski definition) is 2. The van der Waals surface area contributed by atoms with Gasteiger partial charge in [-0.25, -0.2) is 4.79 Å². The highest BCUT2D eigenvalue weighted by atomic mass is 79.9. The first-order valence-corrected chi connectivity index (χ1v) is 5.22. The Morgan fingerprint density at radius 2 is 2.29 bits per heavy atom. The van der Waals surface area contributed by atoms with Crippen molar-refractivity contribution in [3.63, 3.8) is 0 Å². The van der Waals surface area contributed by atoms with Crippen molar-refractivity contribution in [1.29, 1.82) is 5.26 Å². The van der Waals surface area contributed by atoms with E-state index in [9.17, 15) is 4.79 Å². The van der Waals surface area contributed by atoms with Gasteiger partial charge in [-0.3, -0.25) is 0 Å². The zero-order chi connectivity index (χ0) is 10.7. The largest absolute Gasteiger partial charge is 0.478 e. The van der Waals surface area contributed by atoms with Crippen LogP contribution in [0.5, 0.6) is 0 Å². The van der Waals surface area contributed by atoms with Crippen LogP contribution >= 0.6 is 28.6 Å². The van der Waals surface area contributed by atoms with Gasteiger partial charge in [0.1, 0.15) is 0 Å². The summed E-state index contributed by atoms with van der Waals surface area (Å²) in [4.78, 5) is 11.2. The van der Waals surface area contributed by atoms with Crippen LogP contribution in [0.25, 0.3) is 0 Å². The van der Waals surface area contributed by atoms with Crippen LogP contribution in [0.2, 0.25) is 0 Å². The highest BCUT2D eigenvalue weighted by Gasteiger charge is 2.11. The van der Waals surface area contributed by atoms with Gasteiger partial charge in [0, 0.05) is 10.2 Å². The maximum absolute atomic E-state index is 10.7. The molecular weight excluding hydrogens is 266 g/mol. The van der Waals surface area contributed by atoms with E-state index in [1.54, 1.807) is 0 Å². The van der Waals surface area contributed by atoms with Crippen molar-refractivity contribution in [2.75, 3.05) is 0 Å². The Morgan fingerprint density at radius 3 is 2.71 bits per heavy atom. The van der Waals surface area contributed by atoms with Crippen molar-refractivity contribution in [2.24, 2.45) is 0 Å². The van der Waals surface area contributed by atoms with Gasteiger partial charge in [0.15, 0.2) is 0 Å². The first-order chi connectivity index (χ1) is 6.60. The van der Waals surface area contributed by atoms with E-state index in [0.29, 0.717) is 21.4 Å². The number of carboxylic acid groups (broad SMARTS) is 1. The lowest BCUT2D eigenvalue weighted by Crippen LogP contribution is -1.99. The van der Waals surface area contributed by atoms with Gasteiger partial charge in [0.2, 0.25) is 0 Å². The second-order valence-electron chi connectivity index (χ2n) is 2.57. The Hall–Kier alpha value is -0.990. The molecule has 1 rings (SSSR count). The van der Waals surface area contributed by atoms with E-state index in [2.05, 4.69) is 28.6 Å². The van der Waals surface area contributed by atoms with E-state index < -0.39 is 5.97 Å². The maximum Gasteiger partial charge on any atom is 0.335 e. The first-order valence-electron chi connectivity index (χ1n) is 3.65. The summed E-state index contributed by atoms with van der Waals surface area (Å²) < 4.78 is 0. The summed E-state index contributed by atoms with van der Waals surface area (Å²) in [6, 6.07) is 4.72. The summed E-state index contributed by atoms with van der Waals surface area (Å²) in [5.41, 5.74) is 1.13. The molecule has 0 saturated heterocycles. The number of nitriles is 1. The van der Waals surface area contributed by atoms with E-state index in [4.69, 9.17) is 10.4 Å². The molecule has 0 aliphatic heterocycles. The summed E-state index contributed by atoms with van der Waals surface area (Å²) >= 11 is 7.34. The van der Waals surface area contributed by atoms with Gasteiger partial charge in [-0.1, -0.05) is 15.9 Å². The number of carboxylic acids is 1. The second-order valence-corrected chi connectivity index (χ2v) is 3.61. The molecule has 72 valence electrons. The second kappa shape index (κ2) is 4.49. The molecule has 0 unspecified atom stereocenters. The Morgan fingerprint density at radius 1 is 1.64 bits per heavy atom. The van der Waals surface area contributed by atoms with Gasteiger partial charge < -0.3 is 5.11 Å². The lowest BCUT2D eigenvalue weighted by molar-refractivity contribution is 0.0696. The topological polar surface area (TPSA) is 61.1 Å². The van der Waals surface area contributed by atoms with Crippen LogP contribution < -0.4 is 0 Å². The molecule has 1 aromatic carbocycles. The van der Waals surface area contributed by atoms with Gasteiger partial charge in [-0.05, 0) is 17.7 Å². The van der Waals surface area contributed by atoms with Crippen LogP contribution in [-0.4, -0.2) is 11.1 Å². The molecule has 0 saturated carbocycles. The van der Waals surface area contributed by atoms with Crippen LogP contribution in [0.4, 0.5) is 0 Å². The van der Waals surface area contributed by atoms with Crippen LogP contribution in [0.1, 0.15) is 21.5 Å². The standard InChI is InChI=1S/C9H6BrNO2S/c10-3-7-6(4-11)1-5(9(12)13)2-8(7)14/h1-2,14H,3H2,(H,12,13). The van der Waals surface area contributed by atoms with Gasteiger partial charge in [0.05, 0.1) is 17.2 Å². The van der Waals surface area contributed by atoms with Crippen LogP contribution in [-0.2, 0) is 5.33 Å². The molecule has 0 heterocycles. The number of thiol groups is 1. The Labute approximate surface area is 94.9 Å². The molecule has 0 aromatic heterocycles. The Balaban J connectivity index is 3.41. The summed E-state index contributed by atoms with van der Waals surface area (Å²) in [5.74, 6) is -1.06. The van der Waals surface area contributed by atoms with E-state index in [1.807, 2.05) is 6.07 Å². The van der Waals surface area contributed by atoms with Crippen LogP contribution in [0.15, 0.2) is 17.0 Å². The number of aromatic carboxylic acids is 1. The van der Waals surface area contributed by atoms with Gasteiger partial charge in [-0.2, -0.15) is 5.26 Å². The third kappa shape index (κ3) is 2.08. The average molecular weight is 272 g/mol. The molecule has 14 heavy (non-hydrogen) atoms. The normalized spacial score (nSPS) is 9.50. The molecule has 0 fully saturated rings. The summed E-state index contributed by atoms with van der Waals surface area (Å²) in [6.45, 7) is 0.